The van der Waals surface area contributed by atoms with Gasteiger partial charge in [-0.15, -0.1) is 22.7 Å². The van der Waals surface area contributed by atoms with Crippen molar-refractivity contribution in [1.82, 2.24) is 10.3 Å². The predicted molar refractivity (Wildman–Crippen MR) is 107 cm³/mol. The van der Waals surface area contributed by atoms with Crippen LogP contribution in [0.25, 0.3) is 9.88 Å². The van der Waals surface area contributed by atoms with Gasteiger partial charge in [0.05, 0.1) is 22.3 Å². The second-order valence-electron chi connectivity index (χ2n) is 6.71. The van der Waals surface area contributed by atoms with Gasteiger partial charge in [-0.1, -0.05) is 18.2 Å². The molecule has 0 bridgehead atoms. The van der Waals surface area contributed by atoms with Crippen LogP contribution >= 0.6 is 22.7 Å². The molecular weight excluding hydrogens is 366 g/mol. The minimum Gasteiger partial charge on any atom is -0.347 e. The number of para-hydroxylation sites is 1. The fourth-order valence-electron chi connectivity index (χ4n) is 2.28. The molecule has 134 valence electrons. The number of benzene rings is 1. The summed E-state index contributed by atoms with van der Waals surface area (Å²) < 4.78 is 0. The van der Waals surface area contributed by atoms with Crippen molar-refractivity contribution in [3.8, 4) is 9.88 Å². The van der Waals surface area contributed by atoms with Gasteiger partial charge in [0.15, 0.2) is 0 Å². The largest absolute Gasteiger partial charge is 0.347 e. The van der Waals surface area contributed by atoms with Crippen LogP contribution in [0.15, 0.2) is 48.0 Å². The van der Waals surface area contributed by atoms with E-state index in [0.29, 0.717) is 16.1 Å². The first-order valence-electron chi connectivity index (χ1n) is 8.06. The number of nitrogens with zero attached hydrogens (tertiary/aromatic N) is 1. The summed E-state index contributed by atoms with van der Waals surface area (Å²) in [6.45, 7) is 5.74. The zero-order chi connectivity index (χ0) is 18.7. The van der Waals surface area contributed by atoms with E-state index in [1.165, 1.54) is 11.3 Å². The lowest BCUT2D eigenvalue weighted by Crippen LogP contribution is -2.40. The first kappa shape index (κ1) is 18.3. The molecule has 0 radical (unpaired) electrons. The molecule has 0 aliphatic rings. The number of anilines is 1. The summed E-state index contributed by atoms with van der Waals surface area (Å²) in [5.74, 6) is -0.502. The molecule has 0 aliphatic heterocycles. The Bertz CT molecular complexity index is 924. The number of aromatic nitrogens is 1. The topological polar surface area (TPSA) is 71.1 Å². The van der Waals surface area contributed by atoms with E-state index in [2.05, 4.69) is 15.6 Å². The number of nitrogens with one attached hydrogen (secondary N) is 2. The van der Waals surface area contributed by atoms with Gasteiger partial charge >= 0.3 is 0 Å². The molecule has 2 amide bonds. The number of thiophene rings is 1. The van der Waals surface area contributed by atoms with E-state index in [0.717, 1.165) is 9.88 Å². The smallest absolute Gasteiger partial charge is 0.267 e. The molecule has 0 saturated heterocycles. The quantitative estimate of drug-likeness (QED) is 0.686. The van der Waals surface area contributed by atoms with Crippen molar-refractivity contribution in [2.75, 3.05) is 5.32 Å². The molecule has 2 heterocycles. The van der Waals surface area contributed by atoms with Gasteiger partial charge in [0.2, 0.25) is 0 Å². The van der Waals surface area contributed by atoms with Crippen molar-refractivity contribution in [1.29, 1.82) is 0 Å². The Labute approximate surface area is 160 Å². The van der Waals surface area contributed by atoms with Crippen molar-refractivity contribution < 1.29 is 9.59 Å². The Balaban J connectivity index is 1.79. The van der Waals surface area contributed by atoms with Gasteiger partial charge in [-0.3, -0.25) is 9.59 Å². The molecule has 0 saturated carbocycles. The van der Waals surface area contributed by atoms with E-state index >= 15 is 0 Å². The number of amides is 2. The maximum atomic E-state index is 12.6. The third kappa shape index (κ3) is 4.36. The van der Waals surface area contributed by atoms with Crippen LogP contribution in [0.2, 0.25) is 0 Å². The molecule has 0 aliphatic carbocycles. The van der Waals surface area contributed by atoms with Gasteiger partial charge in [0.1, 0.15) is 9.88 Å². The summed E-state index contributed by atoms with van der Waals surface area (Å²) in [4.78, 5) is 30.9. The van der Waals surface area contributed by atoms with Gasteiger partial charge in [-0.25, -0.2) is 4.98 Å². The molecule has 0 fully saturated rings. The van der Waals surface area contributed by atoms with E-state index in [1.54, 1.807) is 41.8 Å². The van der Waals surface area contributed by atoms with Crippen molar-refractivity contribution >= 4 is 40.2 Å². The fraction of sp³-hybridized carbons (Fsp3) is 0.211. The lowest BCUT2D eigenvalue weighted by Gasteiger charge is -2.21. The van der Waals surface area contributed by atoms with E-state index in [1.807, 2.05) is 38.3 Å². The Kier molecular flexibility index (Phi) is 5.20. The highest BCUT2D eigenvalue weighted by molar-refractivity contribution is 7.22. The van der Waals surface area contributed by atoms with Crippen LogP contribution in [0.3, 0.4) is 0 Å². The number of rotatable bonds is 4. The predicted octanol–water partition coefficient (Wildman–Crippen LogP) is 4.65. The van der Waals surface area contributed by atoms with Crippen LogP contribution in [0, 0.1) is 0 Å². The van der Waals surface area contributed by atoms with Crippen LogP contribution in [0.1, 0.15) is 40.8 Å². The molecule has 0 spiro atoms. The molecule has 26 heavy (non-hydrogen) atoms. The average molecular weight is 386 g/mol. The minimum atomic E-state index is -0.360. The zero-order valence-corrected chi connectivity index (χ0v) is 16.3. The molecule has 0 atom stereocenters. The number of thiazole rings is 1. The Morgan fingerprint density at radius 1 is 1.04 bits per heavy atom. The lowest BCUT2D eigenvalue weighted by molar-refractivity contribution is 0.0920. The molecule has 3 rings (SSSR count). The molecule has 2 N–H and O–H groups in total. The minimum absolute atomic E-state index is 0.225. The summed E-state index contributed by atoms with van der Waals surface area (Å²) in [5.41, 5.74) is 0.547. The summed E-state index contributed by atoms with van der Waals surface area (Å²) in [6, 6.07) is 10.9. The van der Waals surface area contributed by atoms with E-state index in [-0.39, 0.29) is 17.4 Å². The van der Waals surface area contributed by atoms with Crippen LogP contribution in [0.5, 0.6) is 0 Å². The third-order valence-corrected chi connectivity index (χ3v) is 5.41. The summed E-state index contributed by atoms with van der Waals surface area (Å²) in [7, 11) is 0. The van der Waals surface area contributed by atoms with Crippen molar-refractivity contribution in [3.63, 3.8) is 0 Å². The monoisotopic (exact) mass is 385 g/mol. The molecule has 2 aromatic heterocycles. The van der Waals surface area contributed by atoms with Gasteiger partial charge in [-0.2, -0.15) is 0 Å². The van der Waals surface area contributed by atoms with Crippen molar-refractivity contribution in [2.45, 2.75) is 26.3 Å². The van der Waals surface area contributed by atoms with Crippen LogP contribution in [0.4, 0.5) is 5.69 Å². The number of hydrogen-bond acceptors (Lipinski definition) is 5. The zero-order valence-electron chi connectivity index (χ0n) is 14.7. The Morgan fingerprint density at radius 2 is 1.81 bits per heavy atom. The van der Waals surface area contributed by atoms with E-state index < -0.39 is 0 Å². The van der Waals surface area contributed by atoms with Crippen molar-refractivity contribution in [3.05, 3.63) is 58.4 Å². The summed E-state index contributed by atoms with van der Waals surface area (Å²) in [5, 5.41) is 8.52. The number of carbonyl (C=O) groups excluding carboxylic acids is 2. The van der Waals surface area contributed by atoms with E-state index in [4.69, 9.17) is 0 Å². The molecular formula is C19H19N3O2S2. The molecule has 0 unspecified atom stereocenters. The second-order valence-corrected chi connectivity index (χ2v) is 8.69. The highest BCUT2D eigenvalue weighted by Gasteiger charge is 2.19. The number of carbonyl (C=O) groups is 2. The van der Waals surface area contributed by atoms with Gasteiger partial charge in [0.25, 0.3) is 11.8 Å². The Hall–Kier alpha value is -2.51. The van der Waals surface area contributed by atoms with Gasteiger partial charge in [-0.05, 0) is 44.4 Å². The normalized spacial score (nSPS) is 11.2. The lowest BCUT2D eigenvalue weighted by atomic mass is 10.1. The molecule has 5 nitrogen and oxygen atoms in total. The summed E-state index contributed by atoms with van der Waals surface area (Å²) in [6.07, 6.45) is 1.56. The van der Waals surface area contributed by atoms with Crippen molar-refractivity contribution in [2.24, 2.45) is 0 Å². The average Bonchev–Trinajstić information content (AvgIpc) is 3.25. The van der Waals surface area contributed by atoms with E-state index in [9.17, 15) is 9.59 Å². The van der Waals surface area contributed by atoms with Gasteiger partial charge < -0.3 is 10.6 Å². The van der Waals surface area contributed by atoms with Crippen LogP contribution in [-0.4, -0.2) is 22.3 Å². The second kappa shape index (κ2) is 7.39. The Morgan fingerprint density at radius 3 is 2.50 bits per heavy atom. The maximum absolute atomic E-state index is 12.6. The third-order valence-electron chi connectivity index (χ3n) is 3.37. The summed E-state index contributed by atoms with van der Waals surface area (Å²) >= 11 is 2.91. The van der Waals surface area contributed by atoms with Crippen LogP contribution < -0.4 is 10.6 Å². The first-order valence-corrected chi connectivity index (χ1v) is 9.76. The SMILES string of the molecule is CC(C)(C)NC(=O)c1ccccc1NC(=O)c1cnc(-c2cccs2)s1. The highest BCUT2D eigenvalue weighted by Crippen LogP contribution is 2.29. The molecule has 3 aromatic rings. The fourth-order valence-corrected chi connectivity index (χ4v) is 3.89. The maximum Gasteiger partial charge on any atom is 0.267 e. The van der Waals surface area contributed by atoms with Crippen LogP contribution in [-0.2, 0) is 0 Å². The number of hydrogen-bond donors (Lipinski definition) is 2. The molecule has 7 heteroatoms. The molecule has 1 aromatic carbocycles. The standard InChI is InChI=1S/C19H19N3O2S2/c1-19(2,3)22-16(23)12-7-4-5-8-13(12)21-17(24)15-11-20-18(26-15)14-9-6-10-25-14/h4-11H,1-3H3,(H,21,24)(H,22,23). The van der Waals surface area contributed by atoms with Gasteiger partial charge in [0, 0.05) is 5.54 Å². The highest BCUT2D eigenvalue weighted by atomic mass is 32.1. The first-order chi connectivity index (χ1) is 12.3.